The normalized spacial score (nSPS) is 32.9. The Morgan fingerprint density at radius 3 is 2.79 bits per heavy atom. The molecule has 2 aliphatic carbocycles. The Morgan fingerprint density at radius 1 is 1.37 bits per heavy atom. The molecule has 3 atom stereocenters. The van der Waals surface area contributed by atoms with Gasteiger partial charge in [-0.25, -0.2) is 0 Å². The van der Waals surface area contributed by atoms with Gasteiger partial charge in [0.2, 0.25) is 0 Å². The third-order valence-electron chi connectivity index (χ3n) is 4.93. The van der Waals surface area contributed by atoms with Crippen molar-refractivity contribution in [2.45, 2.75) is 45.1 Å². The molecule has 0 aliphatic heterocycles. The van der Waals surface area contributed by atoms with Crippen LogP contribution in [0, 0.1) is 12.3 Å². The second-order valence-corrected chi connectivity index (χ2v) is 6.12. The number of Topliss-reactive ketones (excluding diaryl/α,β-unsaturated/α-hetero) is 1. The van der Waals surface area contributed by atoms with Crippen molar-refractivity contribution in [1.29, 1.82) is 0 Å². The largest absolute Gasteiger partial charge is 0.496 e. The highest BCUT2D eigenvalue weighted by molar-refractivity contribution is 5.94. The van der Waals surface area contributed by atoms with Crippen molar-refractivity contribution in [3.63, 3.8) is 0 Å². The van der Waals surface area contributed by atoms with Gasteiger partial charge in [0.15, 0.2) is 0 Å². The number of hydrogen-bond donors (Lipinski definition) is 1. The lowest BCUT2D eigenvalue weighted by molar-refractivity contribution is -0.142. The molecule has 1 N–H and O–H groups in total. The van der Waals surface area contributed by atoms with Crippen molar-refractivity contribution in [3.8, 4) is 5.75 Å². The summed E-state index contributed by atoms with van der Waals surface area (Å²) in [6, 6.07) is 4.13. The molecule has 0 radical (unpaired) electrons. The average molecular weight is 260 g/mol. The fourth-order valence-corrected chi connectivity index (χ4v) is 3.69. The molecule has 0 spiro atoms. The number of aliphatic hydroxyl groups is 1. The minimum atomic E-state index is -0.600. The lowest BCUT2D eigenvalue weighted by atomic mass is 9.58. The molecule has 3 rings (SSSR count). The predicted octanol–water partition coefficient (Wildman–Crippen LogP) is 2.37. The smallest absolute Gasteiger partial charge is 0.149 e. The number of carbonyl (C=O) groups is 1. The van der Waals surface area contributed by atoms with E-state index >= 15 is 0 Å². The first-order valence-electron chi connectivity index (χ1n) is 6.87. The van der Waals surface area contributed by atoms with Crippen LogP contribution in [0.15, 0.2) is 12.1 Å². The van der Waals surface area contributed by atoms with Crippen LogP contribution in [0.2, 0.25) is 0 Å². The molecule has 0 unspecified atom stereocenters. The van der Waals surface area contributed by atoms with Gasteiger partial charge < -0.3 is 9.84 Å². The zero-order valence-electron chi connectivity index (χ0n) is 11.7. The van der Waals surface area contributed by atoms with E-state index in [9.17, 15) is 9.90 Å². The summed E-state index contributed by atoms with van der Waals surface area (Å²) in [5, 5.41) is 10.2. The van der Waals surface area contributed by atoms with E-state index in [1.165, 1.54) is 5.56 Å². The number of aryl methyl sites for hydroxylation is 1. The second-order valence-electron chi connectivity index (χ2n) is 6.12. The molecule has 0 heterocycles. The van der Waals surface area contributed by atoms with Gasteiger partial charge in [0.25, 0.3) is 0 Å². The second kappa shape index (κ2) is 4.07. The number of rotatable bonds is 1. The van der Waals surface area contributed by atoms with Crippen LogP contribution in [0.1, 0.15) is 42.4 Å². The van der Waals surface area contributed by atoms with E-state index in [1.807, 2.05) is 19.9 Å². The van der Waals surface area contributed by atoms with Crippen LogP contribution in [0.5, 0.6) is 5.75 Å². The van der Waals surface area contributed by atoms with Crippen LogP contribution in [0.4, 0.5) is 0 Å². The number of hydrogen-bond acceptors (Lipinski definition) is 3. The summed E-state index contributed by atoms with van der Waals surface area (Å²) in [7, 11) is 1.66. The Hall–Kier alpha value is -1.35. The molecule has 2 aliphatic rings. The highest BCUT2D eigenvalue weighted by atomic mass is 16.5. The maximum absolute atomic E-state index is 12.6. The van der Waals surface area contributed by atoms with Crippen LogP contribution < -0.4 is 4.74 Å². The first kappa shape index (κ1) is 12.7. The number of ether oxygens (including phenoxy) is 1. The van der Waals surface area contributed by atoms with Crippen molar-refractivity contribution < 1.29 is 14.6 Å². The molecular formula is C16H20O3. The third kappa shape index (κ3) is 1.64. The van der Waals surface area contributed by atoms with E-state index < -0.39 is 11.5 Å². The van der Waals surface area contributed by atoms with E-state index in [4.69, 9.17) is 4.74 Å². The van der Waals surface area contributed by atoms with Crippen LogP contribution in [0.25, 0.3) is 0 Å². The Kier molecular flexibility index (Phi) is 2.72. The van der Waals surface area contributed by atoms with Gasteiger partial charge in [0, 0.05) is 5.92 Å². The van der Waals surface area contributed by atoms with Gasteiger partial charge in [0.1, 0.15) is 11.5 Å². The fourth-order valence-electron chi connectivity index (χ4n) is 3.69. The molecule has 0 saturated heterocycles. The lowest BCUT2D eigenvalue weighted by Gasteiger charge is -2.45. The Balaban J connectivity index is 2.16. The lowest BCUT2D eigenvalue weighted by Crippen LogP contribution is -2.51. The molecule has 0 amide bonds. The van der Waals surface area contributed by atoms with Crippen molar-refractivity contribution in [3.05, 3.63) is 28.8 Å². The highest BCUT2D eigenvalue weighted by Crippen LogP contribution is 2.49. The van der Waals surface area contributed by atoms with Gasteiger partial charge in [-0.05, 0) is 55.9 Å². The molecule has 1 saturated carbocycles. The summed E-state index contributed by atoms with van der Waals surface area (Å²) in [6.07, 6.45) is 1.59. The monoisotopic (exact) mass is 260 g/mol. The summed E-state index contributed by atoms with van der Waals surface area (Å²) < 4.78 is 5.37. The van der Waals surface area contributed by atoms with E-state index in [0.29, 0.717) is 12.8 Å². The van der Waals surface area contributed by atoms with E-state index in [2.05, 4.69) is 6.07 Å². The summed E-state index contributed by atoms with van der Waals surface area (Å²) >= 11 is 0. The average Bonchev–Trinajstić information content (AvgIpc) is 2.37. The van der Waals surface area contributed by atoms with E-state index in [-0.39, 0.29) is 11.7 Å². The number of methoxy groups -OCH3 is 1. The summed E-state index contributed by atoms with van der Waals surface area (Å²) in [5.41, 5.74) is 2.80. The molecule has 102 valence electrons. The molecule has 3 nitrogen and oxygen atoms in total. The third-order valence-corrected chi connectivity index (χ3v) is 4.93. The molecule has 3 heteroatoms. The van der Waals surface area contributed by atoms with Crippen LogP contribution in [0.3, 0.4) is 0 Å². The first-order valence-corrected chi connectivity index (χ1v) is 6.87. The number of fused-ring (bicyclic) bond motifs is 4. The molecule has 2 bridgehead atoms. The Labute approximate surface area is 113 Å². The maximum Gasteiger partial charge on any atom is 0.149 e. The fraction of sp³-hybridized carbons (Fsp3) is 0.562. The molecule has 19 heavy (non-hydrogen) atoms. The van der Waals surface area contributed by atoms with E-state index in [0.717, 1.165) is 23.3 Å². The summed E-state index contributed by atoms with van der Waals surface area (Å²) in [5.74, 6) is 0.984. The first-order chi connectivity index (χ1) is 8.97. The summed E-state index contributed by atoms with van der Waals surface area (Å²) in [6.45, 7) is 3.93. The van der Waals surface area contributed by atoms with Crippen molar-refractivity contribution in [2.24, 2.45) is 5.41 Å². The number of carbonyl (C=O) groups excluding carboxylic acids is 1. The van der Waals surface area contributed by atoms with Gasteiger partial charge >= 0.3 is 0 Å². The maximum atomic E-state index is 12.6. The van der Waals surface area contributed by atoms with Crippen molar-refractivity contribution in [2.75, 3.05) is 7.11 Å². The highest BCUT2D eigenvalue weighted by Gasteiger charge is 2.51. The molecule has 1 aromatic rings. The van der Waals surface area contributed by atoms with Crippen LogP contribution in [-0.4, -0.2) is 24.1 Å². The summed E-state index contributed by atoms with van der Waals surface area (Å²) in [4.78, 5) is 12.6. The van der Waals surface area contributed by atoms with Crippen LogP contribution in [-0.2, 0) is 11.2 Å². The Bertz CT molecular complexity index is 549. The topological polar surface area (TPSA) is 46.5 Å². The predicted molar refractivity (Wildman–Crippen MR) is 72.5 cm³/mol. The van der Waals surface area contributed by atoms with Gasteiger partial charge in [-0.15, -0.1) is 0 Å². The number of aliphatic hydroxyl groups excluding tert-OH is 1. The number of ketones is 1. The molecule has 0 aromatic heterocycles. The van der Waals surface area contributed by atoms with Gasteiger partial charge in [-0.3, -0.25) is 4.79 Å². The minimum absolute atomic E-state index is 0.0633. The standard InChI is InChI=1S/C16H20O3/c1-9-6-10-8-16(2)14(17)5-4-11(15(16)18)12(10)7-13(9)19-3/h6-7,11,14,17H,4-5,8H2,1-3H3/t11-,14+,16-/m0/s1. The van der Waals surface area contributed by atoms with Gasteiger partial charge in [-0.2, -0.15) is 0 Å². The van der Waals surface area contributed by atoms with Gasteiger partial charge in [-0.1, -0.05) is 6.07 Å². The van der Waals surface area contributed by atoms with Crippen molar-refractivity contribution in [1.82, 2.24) is 0 Å². The van der Waals surface area contributed by atoms with Crippen LogP contribution >= 0.6 is 0 Å². The zero-order valence-corrected chi connectivity index (χ0v) is 11.7. The molecular weight excluding hydrogens is 240 g/mol. The quantitative estimate of drug-likeness (QED) is 0.843. The SMILES string of the molecule is COc1cc2c(cc1C)C[C@]1(C)C(=O)[C@H]2CC[C@H]1O. The zero-order chi connectivity index (χ0) is 13.8. The Morgan fingerprint density at radius 2 is 2.11 bits per heavy atom. The van der Waals surface area contributed by atoms with Crippen molar-refractivity contribution >= 4 is 5.78 Å². The molecule has 1 fully saturated rings. The number of benzene rings is 1. The molecule has 1 aromatic carbocycles. The van der Waals surface area contributed by atoms with Gasteiger partial charge in [0.05, 0.1) is 18.6 Å². The van der Waals surface area contributed by atoms with E-state index in [1.54, 1.807) is 7.11 Å². The minimum Gasteiger partial charge on any atom is -0.496 e.